The Labute approximate surface area is 201 Å². The average molecular weight is 473 g/mol. The van der Waals surface area contributed by atoms with Gasteiger partial charge in [0.05, 0.1) is 25.3 Å². The van der Waals surface area contributed by atoms with E-state index in [0.29, 0.717) is 17.7 Å². The van der Waals surface area contributed by atoms with Crippen LogP contribution in [-0.4, -0.2) is 51.7 Å². The van der Waals surface area contributed by atoms with Gasteiger partial charge in [-0.1, -0.05) is 0 Å². The summed E-state index contributed by atoms with van der Waals surface area (Å²) in [7, 11) is 1.37. The zero-order chi connectivity index (χ0) is 24.3. The molecule has 3 aromatic rings. The highest BCUT2D eigenvalue weighted by Crippen LogP contribution is 2.42. The van der Waals surface area contributed by atoms with E-state index < -0.39 is 5.54 Å². The minimum Gasteiger partial charge on any atom is -0.496 e. The number of nitrogens with two attached hydrogens (primary N) is 1. The maximum absolute atomic E-state index is 12.3. The summed E-state index contributed by atoms with van der Waals surface area (Å²) in [5, 5.41) is 4.45. The monoisotopic (exact) mass is 472 g/mol. The van der Waals surface area contributed by atoms with Gasteiger partial charge in [-0.05, 0) is 44.0 Å². The number of oxazole rings is 1. The van der Waals surface area contributed by atoms with Gasteiger partial charge in [-0.2, -0.15) is 10.1 Å². The fraction of sp³-hybridized carbons (Fsp3) is 0.280. The fourth-order valence-corrected chi connectivity index (χ4v) is 4.75. The molecule has 0 bridgehead atoms. The van der Waals surface area contributed by atoms with E-state index in [-0.39, 0.29) is 12.0 Å². The third kappa shape index (κ3) is 3.24. The minimum absolute atomic E-state index is 0.141. The fourth-order valence-electron chi connectivity index (χ4n) is 4.75. The van der Waals surface area contributed by atoms with Gasteiger partial charge in [0.15, 0.2) is 11.1 Å². The third-order valence-corrected chi connectivity index (χ3v) is 6.63. The van der Waals surface area contributed by atoms with E-state index in [1.165, 1.54) is 12.7 Å². The van der Waals surface area contributed by atoms with E-state index >= 15 is 0 Å². The minimum atomic E-state index is -0.946. The van der Waals surface area contributed by atoms with E-state index in [1.54, 1.807) is 31.0 Å². The molecule has 3 aliphatic heterocycles. The van der Waals surface area contributed by atoms with Crippen LogP contribution >= 0.6 is 0 Å². The van der Waals surface area contributed by atoms with E-state index in [2.05, 4.69) is 15.0 Å². The van der Waals surface area contributed by atoms with Gasteiger partial charge in [-0.15, -0.1) is 0 Å². The van der Waals surface area contributed by atoms with Crippen molar-refractivity contribution >= 4 is 34.5 Å². The summed E-state index contributed by atoms with van der Waals surface area (Å²) < 4.78 is 17.9. The number of esters is 1. The molecule has 0 amide bonds. The largest absolute Gasteiger partial charge is 0.496 e. The van der Waals surface area contributed by atoms with Crippen molar-refractivity contribution in [1.29, 1.82) is 0 Å². The zero-order valence-corrected chi connectivity index (χ0v) is 19.6. The van der Waals surface area contributed by atoms with Gasteiger partial charge in [0, 0.05) is 41.2 Å². The number of methoxy groups -OCH3 is 1. The van der Waals surface area contributed by atoms with Gasteiger partial charge >= 0.3 is 5.97 Å². The van der Waals surface area contributed by atoms with Crippen LogP contribution in [0.4, 0.5) is 6.01 Å². The first-order chi connectivity index (χ1) is 16.9. The van der Waals surface area contributed by atoms with Crippen LogP contribution in [-0.2, 0) is 19.8 Å². The number of anilines is 1. The maximum atomic E-state index is 12.3. The number of carbonyl (C=O) groups excluding carboxylic acids is 1. The zero-order valence-electron chi connectivity index (χ0n) is 19.6. The lowest BCUT2D eigenvalue weighted by Crippen LogP contribution is -2.37. The molecular weight excluding hydrogens is 448 g/mol. The highest BCUT2D eigenvalue weighted by molar-refractivity contribution is 6.05. The lowest BCUT2D eigenvalue weighted by atomic mass is 9.96. The van der Waals surface area contributed by atoms with Crippen LogP contribution in [0.25, 0.3) is 16.7 Å². The number of nitrogen functional groups attached to an aromatic ring is 1. The van der Waals surface area contributed by atoms with Crippen molar-refractivity contribution in [2.75, 3.05) is 26.0 Å². The SMILES string of the molecule is COC(=O)C(C)(C)n1cc(C2=COCC3=C4C2=CN=C(c2ccc5oc(N)nc5c2)N4CC3)cn1. The number of amidine groups is 1. The van der Waals surface area contributed by atoms with Gasteiger partial charge in [0.25, 0.3) is 6.01 Å². The summed E-state index contributed by atoms with van der Waals surface area (Å²) in [5.74, 6) is 0.466. The van der Waals surface area contributed by atoms with Crippen LogP contribution < -0.4 is 5.73 Å². The number of carbonyl (C=O) groups is 1. The summed E-state index contributed by atoms with van der Waals surface area (Å²) in [4.78, 5) is 23.6. The van der Waals surface area contributed by atoms with Crippen LogP contribution in [0.15, 0.2) is 69.3 Å². The molecule has 6 rings (SSSR count). The lowest BCUT2D eigenvalue weighted by molar-refractivity contribution is -0.150. The van der Waals surface area contributed by atoms with Crippen LogP contribution in [0, 0.1) is 0 Å². The molecule has 10 heteroatoms. The van der Waals surface area contributed by atoms with Crippen LogP contribution in [0.1, 0.15) is 31.4 Å². The van der Waals surface area contributed by atoms with Crippen molar-refractivity contribution in [1.82, 2.24) is 19.7 Å². The predicted octanol–water partition coefficient (Wildman–Crippen LogP) is 3.19. The molecule has 0 fully saturated rings. The van der Waals surface area contributed by atoms with Gasteiger partial charge < -0.3 is 24.5 Å². The number of aromatic nitrogens is 3. The first-order valence-corrected chi connectivity index (χ1v) is 11.3. The van der Waals surface area contributed by atoms with Crippen LogP contribution in [0.5, 0.6) is 0 Å². The standard InChI is InChI=1S/C25H24N6O4/c1-25(2,23(32)33-3)31-11-16(9-28-31)18-13-34-12-15-6-7-30-21(15)17(18)10-27-22(30)14-4-5-20-19(8-14)29-24(26)35-20/h4-5,8-11,13H,6-7,12H2,1-3H3,(H2,26,29). The molecule has 2 aromatic heterocycles. The second-order valence-electron chi connectivity index (χ2n) is 9.15. The van der Waals surface area contributed by atoms with Gasteiger partial charge in [-0.25, -0.2) is 9.79 Å². The Kier molecular flexibility index (Phi) is 4.60. The summed E-state index contributed by atoms with van der Waals surface area (Å²) in [6.07, 6.45) is 8.06. The Morgan fingerprint density at radius 3 is 2.91 bits per heavy atom. The van der Waals surface area contributed by atoms with Crippen molar-refractivity contribution in [3.05, 3.63) is 71.0 Å². The molecular formula is C25H24N6O4. The third-order valence-electron chi connectivity index (χ3n) is 6.63. The van der Waals surface area contributed by atoms with Gasteiger partial charge in [0.1, 0.15) is 18.0 Å². The molecule has 35 heavy (non-hydrogen) atoms. The summed E-state index contributed by atoms with van der Waals surface area (Å²) in [6, 6.07) is 5.91. The Balaban J connectivity index is 1.42. The molecule has 0 unspecified atom stereocenters. The van der Waals surface area contributed by atoms with E-state index in [9.17, 15) is 4.79 Å². The number of ether oxygens (including phenoxy) is 2. The molecule has 3 aliphatic rings. The van der Waals surface area contributed by atoms with Crippen molar-refractivity contribution in [2.24, 2.45) is 4.99 Å². The Morgan fingerprint density at radius 2 is 2.09 bits per heavy atom. The number of benzene rings is 1. The summed E-state index contributed by atoms with van der Waals surface area (Å²) >= 11 is 0. The number of rotatable bonds is 4. The first kappa shape index (κ1) is 21.2. The average Bonchev–Trinajstić information content (AvgIpc) is 3.56. The van der Waals surface area contributed by atoms with Crippen molar-refractivity contribution in [3.63, 3.8) is 0 Å². The highest BCUT2D eigenvalue weighted by Gasteiger charge is 2.36. The quantitative estimate of drug-likeness (QED) is 0.575. The number of hydrogen-bond donors (Lipinski definition) is 1. The van der Waals surface area contributed by atoms with Crippen LogP contribution in [0.3, 0.4) is 0 Å². The van der Waals surface area contributed by atoms with Crippen LogP contribution in [0.2, 0.25) is 0 Å². The second-order valence-corrected chi connectivity index (χ2v) is 9.15. The molecule has 0 aliphatic carbocycles. The Hall–Kier alpha value is -4.34. The molecule has 10 nitrogen and oxygen atoms in total. The molecule has 0 atom stereocenters. The summed E-state index contributed by atoms with van der Waals surface area (Å²) in [5.41, 5.74) is 12.0. The number of nitrogens with zero attached hydrogens (tertiary/aromatic N) is 5. The van der Waals surface area contributed by atoms with Crippen molar-refractivity contribution in [3.8, 4) is 0 Å². The van der Waals surface area contributed by atoms with E-state index in [0.717, 1.165) is 46.8 Å². The van der Waals surface area contributed by atoms with Crippen molar-refractivity contribution < 1.29 is 18.7 Å². The molecule has 1 aromatic carbocycles. The van der Waals surface area contributed by atoms with E-state index in [4.69, 9.17) is 24.6 Å². The molecule has 178 valence electrons. The number of allylic oxidation sites excluding steroid dienone is 1. The number of fused-ring (bicyclic) bond motifs is 1. The molecule has 0 saturated heterocycles. The Bertz CT molecular complexity index is 1500. The smallest absolute Gasteiger partial charge is 0.333 e. The normalized spacial score (nSPS) is 17.5. The number of hydrogen-bond acceptors (Lipinski definition) is 9. The molecule has 0 radical (unpaired) electrons. The Morgan fingerprint density at radius 1 is 1.23 bits per heavy atom. The van der Waals surface area contributed by atoms with E-state index in [1.807, 2.05) is 30.6 Å². The predicted molar refractivity (Wildman–Crippen MR) is 129 cm³/mol. The molecule has 0 saturated carbocycles. The number of aliphatic imine (C=N–C) groups is 1. The summed E-state index contributed by atoms with van der Waals surface area (Å²) in [6.45, 7) is 4.83. The lowest BCUT2D eigenvalue weighted by Gasteiger charge is -2.29. The van der Waals surface area contributed by atoms with Crippen molar-refractivity contribution in [2.45, 2.75) is 25.8 Å². The first-order valence-electron chi connectivity index (χ1n) is 11.3. The maximum Gasteiger partial charge on any atom is 0.333 e. The molecule has 0 spiro atoms. The highest BCUT2D eigenvalue weighted by atomic mass is 16.5. The second kappa shape index (κ2) is 7.59. The van der Waals surface area contributed by atoms with Gasteiger partial charge in [-0.3, -0.25) is 4.68 Å². The molecule has 2 N–H and O–H groups in total. The topological polar surface area (TPSA) is 121 Å². The van der Waals surface area contributed by atoms with Gasteiger partial charge in [0.2, 0.25) is 0 Å². The molecule has 5 heterocycles.